The van der Waals surface area contributed by atoms with E-state index in [1.807, 2.05) is 30.3 Å². The molecule has 3 nitrogen and oxygen atoms in total. The molecule has 128 valence electrons. The molecule has 1 atom stereocenters. The van der Waals surface area contributed by atoms with Gasteiger partial charge in [0.2, 0.25) is 0 Å². The van der Waals surface area contributed by atoms with Crippen molar-refractivity contribution in [2.45, 2.75) is 25.1 Å². The van der Waals surface area contributed by atoms with Gasteiger partial charge in [-0.05, 0) is 36.6 Å². The van der Waals surface area contributed by atoms with E-state index < -0.39 is 23.8 Å². The first-order chi connectivity index (χ1) is 11.3. The quantitative estimate of drug-likeness (QED) is 0.838. The molecule has 1 amide bonds. The maximum Gasteiger partial charge on any atom is 0.416 e. The standard InChI is InChI=1S/C17H15ClF3NO2/c18-13-8-7-12(17(19,20)21)10-14(13)22-16(24)15(23)9-6-11-4-2-1-3-5-11/h1-5,7-8,10,15,23H,6,9H2,(H,22,24)/t15-/m1/s1. The Hall–Kier alpha value is -2.05. The summed E-state index contributed by atoms with van der Waals surface area (Å²) in [4.78, 5) is 11.9. The van der Waals surface area contributed by atoms with Crippen molar-refractivity contribution in [3.8, 4) is 0 Å². The van der Waals surface area contributed by atoms with Gasteiger partial charge in [0.1, 0.15) is 6.10 Å². The highest BCUT2D eigenvalue weighted by Crippen LogP contribution is 2.33. The lowest BCUT2D eigenvalue weighted by Crippen LogP contribution is -2.28. The molecule has 0 spiro atoms. The second-order valence-corrected chi connectivity index (χ2v) is 5.63. The van der Waals surface area contributed by atoms with E-state index in [1.165, 1.54) is 0 Å². The fraction of sp³-hybridized carbons (Fsp3) is 0.235. The molecular weight excluding hydrogens is 343 g/mol. The number of aliphatic hydroxyl groups excluding tert-OH is 1. The summed E-state index contributed by atoms with van der Waals surface area (Å²) in [7, 11) is 0. The van der Waals surface area contributed by atoms with Gasteiger partial charge in [-0.3, -0.25) is 4.79 Å². The van der Waals surface area contributed by atoms with Crippen LogP contribution in [0.2, 0.25) is 5.02 Å². The predicted octanol–water partition coefficient (Wildman–Crippen LogP) is 4.29. The number of rotatable bonds is 5. The number of carbonyl (C=O) groups is 1. The molecule has 0 unspecified atom stereocenters. The molecule has 0 aliphatic heterocycles. The number of hydrogen-bond acceptors (Lipinski definition) is 2. The van der Waals surface area contributed by atoms with Crippen LogP contribution in [0.25, 0.3) is 0 Å². The average Bonchev–Trinajstić information content (AvgIpc) is 2.54. The van der Waals surface area contributed by atoms with E-state index in [0.29, 0.717) is 6.42 Å². The minimum Gasteiger partial charge on any atom is -0.383 e. The largest absolute Gasteiger partial charge is 0.416 e. The van der Waals surface area contributed by atoms with Crippen molar-refractivity contribution in [1.29, 1.82) is 0 Å². The Kier molecular flexibility index (Phi) is 5.85. The molecule has 0 radical (unpaired) electrons. The molecule has 2 rings (SSSR count). The summed E-state index contributed by atoms with van der Waals surface area (Å²) in [6, 6.07) is 11.9. The summed E-state index contributed by atoms with van der Waals surface area (Å²) in [5, 5.41) is 12.1. The van der Waals surface area contributed by atoms with Gasteiger partial charge in [0.15, 0.2) is 0 Å². The van der Waals surface area contributed by atoms with Crippen LogP contribution in [-0.2, 0) is 17.4 Å². The number of anilines is 1. The summed E-state index contributed by atoms with van der Waals surface area (Å²) in [6.45, 7) is 0. The Labute approximate surface area is 142 Å². The third-order valence-corrected chi connectivity index (χ3v) is 3.73. The monoisotopic (exact) mass is 357 g/mol. The van der Waals surface area contributed by atoms with Crippen molar-refractivity contribution in [2.24, 2.45) is 0 Å². The first-order valence-corrected chi connectivity index (χ1v) is 7.55. The summed E-state index contributed by atoms with van der Waals surface area (Å²) >= 11 is 5.80. The molecule has 0 saturated carbocycles. The third-order valence-electron chi connectivity index (χ3n) is 3.40. The fourth-order valence-corrected chi connectivity index (χ4v) is 2.26. The number of alkyl halides is 3. The molecule has 24 heavy (non-hydrogen) atoms. The molecule has 0 aliphatic rings. The lowest BCUT2D eigenvalue weighted by atomic mass is 10.1. The second kappa shape index (κ2) is 7.68. The van der Waals surface area contributed by atoms with E-state index in [0.717, 1.165) is 23.8 Å². The molecule has 2 aromatic carbocycles. The Morgan fingerprint density at radius 1 is 1.17 bits per heavy atom. The third kappa shape index (κ3) is 4.97. The summed E-state index contributed by atoms with van der Waals surface area (Å²) in [6.07, 6.45) is -5.29. The van der Waals surface area contributed by atoms with Gasteiger partial charge < -0.3 is 10.4 Å². The predicted molar refractivity (Wildman–Crippen MR) is 85.9 cm³/mol. The molecule has 0 saturated heterocycles. The van der Waals surface area contributed by atoms with E-state index >= 15 is 0 Å². The highest BCUT2D eigenvalue weighted by molar-refractivity contribution is 6.33. The molecule has 2 N–H and O–H groups in total. The van der Waals surface area contributed by atoms with Crippen molar-refractivity contribution in [3.63, 3.8) is 0 Å². The van der Waals surface area contributed by atoms with Crippen molar-refractivity contribution in [3.05, 3.63) is 64.7 Å². The van der Waals surface area contributed by atoms with Crippen LogP contribution in [0.1, 0.15) is 17.5 Å². The first kappa shape index (κ1) is 18.3. The van der Waals surface area contributed by atoms with Crippen molar-refractivity contribution in [2.75, 3.05) is 5.32 Å². The number of aryl methyl sites for hydroxylation is 1. The fourth-order valence-electron chi connectivity index (χ4n) is 2.09. The lowest BCUT2D eigenvalue weighted by molar-refractivity contribution is -0.137. The molecular formula is C17H15ClF3NO2. The highest BCUT2D eigenvalue weighted by Gasteiger charge is 2.31. The normalized spacial score (nSPS) is 12.7. The van der Waals surface area contributed by atoms with Crippen LogP contribution >= 0.6 is 11.6 Å². The van der Waals surface area contributed by atoms with Gasteiger partial charge in [0.05, 0.1) is 16.3 Å². The minimum atomic E-state index is -4.55. The maximum absolute atomic E-state index is 12.7. The van der Waals surface area contributed by atoms with Crippen LogP contribution in [0.4, 0.5) is 18.9 Å². The number of hydrogen-bond donors (Lipinski definition) is 2. The van der Waals surface area contributed by atoms with Gasteiger partial charge in [-0.15, -0.1) is 0 Å². The number of nitrogens with one attached hydrogen (secondary N) is 1. The zero-order chi connectivity index (χ0) is 17.7. The smallest absolute Gasteiger partial charge is 0.383 e. The Balaban J connectivity index is 2.01. The molecule has 0 bridgehead atoms. The SMILES string of the molecule is O=C(Nc1cc(C(F)(F)F)ccc1Cl)[C@H](O)CCc1ccccc1. The van der Waals surface area contributed by atoms with E-state index in [-0.39, 0.29) is 17.1 Å². The Morgan fingerprint density at radius 2 is 1.83 bits per heavy atom. The molecule has 0 aliphatic carbocycles. The van der Waals surface area contributed by atoms with E-state index in [2.05, 4.69) is 5.32 Å². The molecule has 0 aromatic heterocycles. The van der Waals surface area contributed by atoms with Crippen molar-refractivity contribution in [1.82, 2.24) is 0 Å². The molecule has 2 aromatic rings. The Bertz CT molecular complexity index is 705. The number of halogens is 4. The lowest BCUT2D eigenvalue weighted by Gasteiger charge is -2.14. The van der Waals surface area contributed by atoms with Crippen LogP contribution in [0.5, 0.6) is 0 Å². The highest BCUT2D eigenvalue weighted by atomic mass is 35.5. The number of aliphatic hydroxyl groups is 1. The van der Waals surface area contributed by atoms with Crippen LogP contribution in [0.15, 0.2) is 48.5 Å². The van der Waals surface area contributed by atoms with Gasteiger partial charge in [-0.25, -0.2) is 0 Å². The number of carbonyl (C=O) groups excluding carboxylic acids is 1. The summed E-state index contributed by atoms with van der Waals surface area (Å²) in [5.41, 5.74) is -0.169. The minimum absolute atomic E-state index is 0.0355. The van der Waals surface area contributed by atoms with Crippen LogP contribution in [0.3, 0.4) is 0 Å². The van der Waals surface area contributed by atoms with Crippen molar-refractivity contribution < 1.29 is 23.1 Å². The van der Waals surface area contributed by atoms with Crippen LogP contribution in [0, 0.1) is 0 Å². The van der Waals surface area contributed by atoms with Gasteiger partial charge in [-0.1, -0.05) is 41.9 Å². The number of benzene rings is 2. The zero-order valence-corrected chi connectivity index (χ0v) is 13.2. The van der Waals surface area contributed by atoms with Gasteiger partial charge in [0, 0.05) is 0 Å². The maximum atomic E-state index is 12.7. The second-order valence-electron chi connectivity index (χ2n) is 5.22. The average molecular weight is 358 g/mol. The number of amides is 1. The van der Waals surface area contributed by atoms with E-state index in [1.54, 1.807) is 0 Å². The van der Waals surface area contributed by atoms with Gasteiger partial charge >= 0.3 is 6.18 Å². The van der Waals surface area contributed by atoms with Gasteiger partial charge in [0.25, 0.3) is 5.91 Å². The molecule has 7 heteroatoms. The van der Waals surface area contributed by atoms with E-state index in [4.69, 9.17) is 11.6 Å². The molecule has 0 heterocycles. The Morgan fingerprint density at radius 3 is 2.46 bits per heavy atom. The van der Waals surface area contributed by atoms with Gasteiger partial charge in [-0.2, -0.15) is 13.2 Å². The van der Waals surface area contributed by atoms with Crippen molar-refractivity contribution >= 4 is 23.2 Å². The van der Waals surface area contributed by atoms with Crippen LogP contribution in [-0.4, -0.2) is 17.1 Å². The topological polar surface area (TPSA) is 49.3 Å². The van der Waals surface area contributed by atoms with E-state index in [9.17, 15) is 23.1 Å². The molecule has 0 fully saturated rings. The summed E-state index contributed by atoms with van der Waals surface area (Å²) in [5.74, 6) is -0.799. The van der Waals surface area contributed by atoms with Crippen LogP contribution < -0.4 is 5.32 Å². The zero-order valence-electron chi connectivity index (χ0n) is 12.5. The summed E-state index contributed by atoms with van der Waals surface area (Å²) < 4.78 is 38.1. The first-order valence-electron chi connectivity index (χ1n) is 7.17.